The Morgan fingerprint density at radius 1 is 1.15 bits per heavy atom. The van der Waals surface area contributed by atoms with E-state index >= 15 is 0 Å². The number of para-hydroxylation sites is 2. The van der Waals surface area contributed by atoms with Crippen molar-refractivity contribution >= 4 is 22.3 Å². The molecule has 0 unspecified atom stereocenters. The lowest BCUT2D eigenvalue weighted by Crippen LogP contribution is -2.04. The van der Waals surface area contributed by atoms with Crippen LogP contribution in [0.4, 0.5) is 11.4 Å². The Balaban J connectivity index is 2.00. The van der Waals surface area contributed by atoms with Crippen LogP contribution in [-0.2, 0) is 6.54 Å². The van der Waals surface area contributed by atoms with Crippen LogP contribution in [0.2, 0.25) is 0 Å². The molecule has 3 rings (SSSR count). The summed E-state index contributed by atoms with van der Waals surface area (Å²) in [6.07, 6.45) is 0. The van der Waals surface area contributed by atoms with Gasteiger partial charge in [0.1, 0.15) is 0 Å². The van der Waals surface area contributed by atoms with Crippen molar-refractivity contribution in [3.8, 4) is 11.5 Å². The Bertz CT molecular complexity index is 972. The van der Waals surface area contributed by atoms with E-state index in [9.17, 15) is 10.1 Å². The maximum absolute atomic E-state index is 11.3. The summed E-state index contributed by atoms with van der Waals surface area (Å²) in [5, 5.41) is 15.3. The fourth-order valence-electron chi connectivity index (χ4n) is 2.94. The van der Waals surface area contributed by atoms with E-state index in [1.807, 2.05) is 37.3 Å². The Morgan fingerprint density at radius 2 is 1.92 bits per heavy atom. The lowest BCUT2D eigenvalue weighted by atomic mass is 10.1. The number of nitro benzene ring substituents is 1. The zero-order valence-corrected chi connectivity index (χ0v) is 14.8. The number of nitro groups is 1. The number of hydrogen-bond donors (Lipinski definition) is 1. The summed E-state index contributed by atoms with van der Waals surface area (Å²) >= 11 is 0. The molecule has 0 aliphatic carbocycles. The molecule has 0 amide bonds. The van der Waals surface area contributed by atoms with Crippen molar-refractivity contribution in [2.24, 2.45) is 0 Å². The summed E-state index contributed by atoms with van der Waals surface area (Å²) < 4.78 is 10.8. The van der Waals surface area contributed by atoms with E-state index in [1.54, 1.807) is 20.3 Å². The van der Waals surface area contributed by atoms with Crippen molar-refractivity contribution in [1.82, 2.24) is 4.98 Å². The molecule has 0 aliphatic heterocycles. The number of aryl methyl sites for hydroxylation is 1. The molecule has 0 aliphatic rings. The Hall–Kier alpha value is -3.35. The number of ether oxygens (including phenoxy) is 2. The van der Waals surface area contributed by atoms with Gasteiger partial charge in [0.25, 0.3) is 5.69 Å². The van der Waals surface area contributed by atoms with Crippen LogP contribution < -0.4 is 14.8 Å². The van der Waals surface area contributed by atoms with Crippen LogP contribution in [0.1, 0.15) is 11.3 Å². The minimum atomic E-state index is -0.413. The van der Waals surface area contributed by atoms with Gasteiger partial charge in [-0.3, -0.25) is 10.1 Å². The Labute approximate surface area is 150 Å². The molecule has 0 spiro atoms. The van der Waals surface area contributed by atoms with Gasteiger partial charge in [0.05, 0.1) is 19.1 Å². The van der Waals surface area contributed by atoms with Crippen molar-refractivity contribution in [2.75, 3.05) is 19.5 Å². The van der Waals surface area contributed by atoms with Crippen molar-refractivity contribution in [2.45, 2.75) is 13.5 Å². The number of fused-ring (bicyclic) bond motifs is 1. The number of nitrogens with zero attached hydrogens (tertiary/aromatic N) is 2. The highest BCUT2D eigenvalue weighted by Crippen LogP contribution is 2.33. The number of anilines is 1. The first-order chi connectivity index (χ1) is 12.5. The Kier molecular flexibility index (Phi) is 4.88. The lowest BCUT2D eigenvalue weighted by molar-refractivity contribution is -0.383. The monoisotopic (exact) mass is 353 g/mol. The zero-order valence-electron chi connectivity index (χ0n) is 14.8. The normalized spacial score (nSPS) is 10.6. The smallest absolute Gasteiger partial charge is 0.295 e. The molecule has 2 aromatic carbocycles. The second-order valence-electron chi connectivity index (χ2n) is 5.75. The molecule has 0 saturated heterocycles. The van der Waals surface area contributed by atoms with E-state index in [1.165, 1.54) is 6.07 Å². The maximum Gasteiger partial charge on any atom is 0.295 e. The first-order valence-electron chi connectivity index (χ1n) is 8.03. The van der Waals surface area contributed by atoms with Crippen molar-refractivity contribution in [3.63, 3.8) is 0 Å². The van der Waals surface area contributed by atoms with Gasteiger partial charge in [0.2, 0.25) is 0 Å². The van der Waals surface area contributed by atoms with Gasteiger partial charge in [-0.25, -0.2) is 4.98 Å². The van der Waals surface area contributed by atoms with Crippen LogP contribution in [0.25, 0.3) is 10.9 Å². The number of non-ortho nitro benzene ring substituents is 1. The van der Waals surface area contributed by atoms with Crippen LogP contribution in [0.3, 0.4) is 0 Å². The molecule has 0 bridgehead atoms. The van der Waals surface area contributed by atoms with Crippen molar-refractivity contribution in [3.05, 3.63) is 63.8 Å². The van der Waals surface area contributed by atoms with Gasteiger partial charge in [-0.15, -0.1) is 0 Å². The van der Waals surface area contributed by atoms with E-state index < -0.39 is 4.92 Å². The number of pyridine rings is 1. The number of aromatic nitrogens is 1. The molecule has 1 N–H and O–H groups in total. The fourth-order valence-corrected chi connectivity index (χ4v) is 2.94. The summed E-state index contributed by atoms with van der Waals surface area (Å²) in [5.74, 6) is 1.31. The van der Waals surface area contributed by atoms with Crippen LogP contribution >= 0.6 is 0 Å². The number of nitrogens with one attached hydrogen (secondary N) is 1. The Morgan fingerprint density at radius 3 is 2.62 bits per heavy atom. The molecule has 0 atom stereocenters. The number of methoxy groups -OCH3 is 2. The van der Waals surface area contributed by atoms with Gasteiger partial charge in [0.15, 0.2) is 17.0 Å². The predicted molar refractivity (Wildman–Crippen MR) is 100 cm³/mol. The zero-order chi connectivity index (χ0) is 18.7. The third kappa shape index (κ3) is 3.23. The largest absolute Gasteiger partial charge is 0.493 e. The molecular weight excluding hydrogens is 334 g/mol. The quantitative estimate of drug-likeness (QED) is 0.531. The summed E-state index contributed by atoms with van der Waals surface area (Å²) in [7, 11) is 3.19. The fraction of sp³-hybridized carbons (Fsp3) is 0.211. The highest BCUT2D eigenvalue weighted by Gasteiger charge is 2.16. The molecular formula is C19H19N3O4. The summed E-state index contributed by atoms with van der Waals surface area (Å²) in [6.45, 7) is 2.29. The van der Waals surface area contributed by atoms with Gasteiger partial charge in [-0.1, -0.05) is 24.3 Å². The third-order valence-electron chi connectivity index (χ3n) is 4.10. The van der Waals surface area contributed by atoms with Gasteiger partial charge in [0, 0.05) is 34.9 Å². The molecule has 134 valence electrons. The number of rotatable bonds is 6. The molecule has 0 saturated carbocycles. The average molecular weight is 353 g/mol. The highest BCUT2D eigenvalue weighted by molar-refractivity contribution is 5.96. The number of benzene rings is 2. The van der Waals surface area contributed by atoms with Gasteiger partial charge >= 0.3 is 0 Å². The molecule has 7 nitrogen and oxygen atoms in total. The molecule has 26 heavy (non-hydrogen) atoms. The van der Waals surface area contributed by atoms with Gasteiger partial charge < -0.3 is 14.8 Å². The first kappa shape index (κ1) is 17.5. The van der Waals surface area contributed by atoms with E-state index in [0.29, 0.717) is 34.6 Å². The van der Waals surface area contributed by atoms with E-state index in [-0.39, 0.29) is 5.69 Å². The summed E-state index contributed by atoms with van der Waals surface area (Å²) in [5.41, 5.74) is 2.76. The van der Waals surface area contributed by atoms with Crippen LogP contribution in [-0.4, -0.2) is 24.1 Å². The molecule has 1 heterocycles. The van der Waals surface area contributed by atoms with Gasteiger partial charge in [-0.2, -0.15) is 0 Å². The summed E-state index contributed by atoms with van der Waals surface area (Å²) in [6, 6.07) is 12.5. The van der Waals surface area contributed by atoms with Crippen molar-refractivity contribution < 1.29 is 14.4 Å². The van der Waals surface area contributed by atoms with E-state index in [4.69, 9.17) is 9.47 Å². The molecule has 1 aromatic heterocycles. The maximum atomic E-state index is 11.3. The number of hydrogen-bond acceptors (Lipinski definition) is 6. The van der Waals surface area contributed by atoms with Gasteiger partial charge in [-0.05, 0) is 19.1 Å². The molecule has 7 heteroatoms. The van der Waals surface area contributed by atoms with E-state index in [0.717, 1.165) is 11.3 Å². The molecule has 3 aromatic rings. The second kappa shape index (κ2) is 7.26. The summed E-state index contributed by atoms with van der Waals surface area (Å²) in [4.78, 5) is 15.2. The second-order valence-corrected chi connectivity index (χ2v) is 5.75. The molecule has 0 radical (unpaired) electrons. The lowest BCUT2D eigenvalue weighted by Gasteiger charge is -2.15. The predicted octanol–water partition coefficient (Wildman–Crippen LogP) is 4.08. The highest BCUT2D eigenvalue weighted by atomic mass is 16.6. The molecule has 0 fully saturated rings. The topological polar surface area (TPSA) is 86.5 Å². The van der Waals surface area contributed by atoms with Crippen LogP contribution in [0.5, 0.6) is 11.5 Å². The minimum absolute atomic E-state index is 0.00629. The average Bonchev–Trinajstić information content (AvgIpc) is 2.64. The minimum Gasteiger partial charge on any atom is -0.493 e. The van der Waals surface area contributed by atoms with E-state index in [2.05, 4.69) is 10.3 Å². The SMILES string of the molecule is COc1cccc(CNc2cc(C)nc3c([N+](=O)[O-])cccc23)c1OC. The van der Waals surface area contributed by atoms with Crippen LogP contribution in [0.15, 0.2) is 42.5 Å². The van der Waals surface area contributed by atoms with Crippen LogP contribution in [0, 0.1) is 17.0 Å². The standard InChI is InChI=1S/C19H19N3O4/c1-12-10-15(14-7-5-8-16(22(23)24)18(14)21-12)20-11-13-6-4-9-17(25-2)19(13)26-3/h4-10H,11H2,1-3H3,(H,20,21). The van der Waals surface area contributed by atoms with Crippen molar-refractivity contribution in [1.29, 1.82) is 0 Å². The third-order valence-corrected chi connectivity index (χ3v) is 4.10. The first-order valence-corrected chi connectivity index (χ1v) is 8.03.